The van der Waals surface area contributed by atoms with Crippen molar-refractivity contribution in [3.8, 4) is 0 Å². The summed E-state index contributed by atoms with van der Waals surface area (Å²) in [4.78, 5) is 0. The minimum atomic E-state index is -0.295. The van der Waals surface area contributed by atoms with Crippen molar-refractivity contribution in [3.05, 3.63) is 18.0 Å². The Kier molecular flexibility index (Phi) is 2.36. The van der Waals surface area contributed by atoms with Crippen LogP contribution in [0.3, 0.4) is 0 Å². The second-order valence-corrected chi connectivity index (χ2v) is 3.71. The number of aryl methyl sites for hydroxylation is 1. The molecule has 0 bridgehead atoms. The summed E-state index contributed by atoms with van der Waals surface area (Å²) in [6, 6.07) is 1.92. The molecule has 2 rings (SSSR count). The molecule has 1 aromatic heterocycles. The number of rotatable bonds is 3. The van der Waals surface area contributed by atoms with Crippen LogP contribution >= 0.6 is 0 Å². The van der Waals surface area contributed by atoms with Crippen LogP contribution in [0.25, 0.3) is 0 Å². The Bertz CT molecular complexity index is 278. The van der Waals surface area contributed by atoms with Crippen LogP contribution in [0.5, 0.6) is 0 Å². The van der Waals surface area contributed by atoms with Gasteiger partial charge in [0.2, 0.25) is 0 Å². The number of aliphatic hydroxyl groups is 1. The molecule has 1 N–H and O–H groups in total. The molecular weight excluding hydrogens is 164 g/mol. The molecule has 0 amide bonds. The van der Waals surface area contributed by atoms with Crippen molar-refractivity contribution in [2.75, 3.05) is 0 Å². The first kappa shape index (κ1) is 8.75. The Labute approximate surface area is 78.4 Å². The van der Waals surface area contributed by atoms with E-state index in [0.717, 1.165) is 25.1 Å². The maximum absolute atomic E-state index is 9.98. The number of aromatic nitrogens is 2. The number of nitrogens with zero attached hydrogens (tertiary/aromatic N) is 2. The fourth-order valence-electron chi connectivity index (χ4n) is 1.86. The van der Waals surface area contributed by atoms with Crippen LogP contribution in [-0.4, -0.2) is 14.9 Å². The number of hydrogen-bond donors (Lipinski definition) is 1. The van der Waals surface area contributed by atoms with Crippen molar-refractivity contribution < 1.29 is 5.11 Å². The maximum Gasteiger partial charge on any atom is 0.0984 e. The molecule has 0 aliphatic heterocycles. The predicted octanol–water partition coefficient (Wildman–Crippen LogP) is 1.74. The zero-order chi connectivity index (χ0) is 9.26. The highest BCUT2D eigenvalue weighted by Crippen LogP contribution is 2.37. The van der Waals surface area contributed by atoms with E-state index in [1.807, 2.05) is 17.7 Å². The molecule has 0 aromatic carbocycles. The third-order valence-electron chi connectivity index (χ3n) is 2.95. The summed E-state index contributed by atoms with van der Waals surface area (Å²) < 4.78 is 1.88. The molecule has 0 saturated heterocycles. The van der Waals surface area contributed by atoms with Gasteiger partial charge in [0.25, 0.3) is 0 Å². The fraction of sp³-hybridized carbons (Fsp3) is 0.700. The molecule has 72 valence electrons. The van der Waals surface area contributed by atoms with Crippen molar-refractivity contribution in [3.63, 3.8) is 0 Å². The van der Waals surface area contributed by atoms with Gasteiger partial charge in [-0.1, -0.05) is 6.42 Å². The highest BCUT2D eigenvalue weighted by Gasteiger charge is 2.28. The first-order valence-corrected chi connectivity index (χ1v) is 5.02. The van der Waals surface area contributed by atoms with E-state index in [1.165, 1.54) is 6.42 Å². The van der Waals surface area contributed by atoms with Crippen LogP contribution in [0.1, 0.15) is 38.0 Å². The molecule has 1 aromatic rings. The van der Waals surface area contributed by atoms with Gasteiger partial charge in [-0.05, 0) is 31.7 Å². The summed E-state index contributed by atoms with van der Waals surface area (Å²) in [7, 11) is 0. The highest BCUT2D eigenvalue weighted by atomic mass is 16.3. The molecule has 1 aliphatic carbocycles. The number of hydrogen-bond acceptors (Lipinski definition) is 2. The second-order valence-electron chi connectivity index (χ2n) is 3.71. The average molecular weight is 180 g/mol. The SMILES string of the molecule is CCn1nccc1C(O)C1CCC1. The van der Waals surface area contributed by atoms with Crippen LogP contribution in [-0.2, 0) is 6.54 Å². The smallest absolute Gasteiger partial charge is 0.0984 e. The van der Waals surface area contributed by atoms with E-state index < -0.39 is 0 Å². The highest BCUT2D eigenvalue weighted by molar-refractivity contribution is 5.06. The number of aliphatic hydroxyl groups excluding tert-OH is 1. The lowest BCUT2D eigenvalue weighted by Gasteiger charge is -2.30. The van der Waals surface area contributed by atoms with Crippen molar-refractivity contribution in [1.29, 1.82) is 0 Å². The van der Waals surface area contributed by atoms with Gasteiger partial charge < -0.3 is 5.11 Å². The third-order valence-corrected chi connectivity index (χ3v) is 2.95. The predicted molar refractivity (Wildman–Crippen MR) is 50.2 cm³/mol. The Morgan fingerprint density at radius 1 is 1.69 bits per heavy atom. The van der Waals surface area contributed by atoms with E-state index >= 15 is 0 Å². The van der Waals surface area contributed by atoms with Gasteiger partial charge in [-0.15, -0.1) is 0 Å². The minimum Gasteiger partial charge on any atom is -0.387 e. The van der Waals surface area contributed by atoms with Gasteiger partial charge in [0.05, 0.1) is 11.8 Å². The largest absolute Gasteiger partial charge is 0.387 e. The Balaban J connectivity index is 2.13. The van der Waals surface area contributed by atoms with Crippen molar-refractivity contribution >= 4 is 0 Å². The Morgan fingerprint density at radius 3 is 3.00 bits per heavy atom. The fourth-order valence-corrected chi connectivity index (χ4v) is 1.86. The molecule has 1 saturated carbocycles. The summed E-state index contributed by atoms with van der Waals surface area (Å²) in [5, 5.41) is 14.1. The van der Waals surface area contributed by atoms with E-state index in [1.54, 1.807) is 6.20 Å². The van der Waals surface area contributed by atoms with Gasteiger partial charge in [0.15, 0.2) is 0 Å². The zero-order valence-electron chi connectivity index (χ0n) is 7.98. The molecule has 13 heavy (non-hydrogen) atoms. The van der Waals surface area contributed by atoms with Crippen LogP contribution in [0.2, 0.25) is 0 Å². The molecule has 1 atom stereocenters. The third kappa shape index (κ3) is 1.48. The molecule has 0 spiro atoms. The lowest BCUT2D eigenvalue weighted by molar-refractivity contribution is 0.0549. The van der Waals surface area contributed by atoms with E-state index in [-0.39, 0.29) is 6.10 Å². The Hall–Kier alpha value is -0.830. The molecule has 3 nitrogen and oxygen atoms in total. The van der Waals surface area contributed by atoms with Crippen molar-refractivity contribution in [1.82, 2.24) is 9.78 Å². The quantitative estimate of drug-likeness (QED) is 0.769. The first-order chi connectivity index (χ1) is 6.33. The van der Waals surface area contributed by atoms with Gasteiger partial charge in [0, 0.05) is 12.7 Å². The van der Waals surface area contributed by atoms with Crippen LogP contribution in [0, 0.1) is 5.92 Å². The van der Waals surface area contributed by atoms with Gasteiger partial charge in [-0.3, -0.25) is 4.68 Å². The molecule has 1 aliphatic rings. The molecular formula is C10H16N2O. The van der Waals surface area contributed by atoms with E-state index in [4.69, 9.17) is 0 Å². The van der Waals surface area contributed by atoms with Crippen molar-refractivity contribution in [2.24, 2.45) is 5.92 Å². The summed E-state index contributed by atoms with van der Waals surface area (Å²) >= 11 is 0. The summed E-state index contributed by atoms with van der Waals surface area (Å²) in [6.07, 6.45) is 5.06. The minimum absolute atomic E-state index is 0.295. The summed E-state index contributed by atoms with van der Waals surface area (Å²) in [6.45, 7) is 2.89. The van der Waals surface area contributed by atoms with Gasteiger partial charge in [-0.25, -0.2) is 0 Å². The molecule has 1 heterocycles. The van der Waals surface area contributed by atoms with Gasteiger partial charge >= 0.3 is 0 Å². The lowest BCUT2D eigenvalue weighted by atomic mass is 9.80. The molecule has 3 heteroatoms. The van der Waals surface area contributed by atoms with Crippen LogP contribution in [0.4, 0.5) is 0 Å². The molecule has 0 radical (unpaired) electrons. The van der Waals surface area contributed by atoms with Gasteiger partial charge in [0.1, 0.15) is 0 Å². The zero-order valence-corrected chi connectivity index (χ0v) is 7.98. The Morgan fingerprint density at radius 2 is 2.46 bits per heavy atom. The lowest BCUT2D eigenvalue weighted by Crippen LogP contribution is -2.22. The molecule has 1 unspecified atom stereocenters. The topological polar surface area (TPSA) is 38.0 Å². The van der Waals surface area contributed by atoms with Crippen LogP contribution < -0.4 is 0 Å². The monoisotopic (exact) mass is 180 g/mol. The van der Waals surface area contributed by atoms with Gasteiger partial charge in [-0.2, -0.15) is 5.10 Å². The molecule has 1 fully saturated rings. The second kappa shape index (κ2) is 3.50. The maximum atomic E-state index is 9.98. The van der Waals surface area contributed by atoms with Crippen molar-refractivity contribution in [2.45, 2.75) is 38.8 Å². The normalized spacial score (nSPS) is 19.8. The average Bonchev–Trinajstić information content (AvgIpc) is 2.47. The van der Waals surface area contributed by atoms with E-state index in [0.29, 0.717) is 5.92 Å². The van der Waals surface area contributed by atoms with E-state index in [2.05, 4.69) is 5.10 Å². The summed E-state index contributed by atoms with van der Waals surface area (Å²) in [5.74, 6) is 0.474. The van der Waals surface area contributed by atoms with E-state index in [9.17, 15) is 5.11 Å². The van der Waals surface area contributed by atoms with Crippen LogP contribution in [0.15, 0.2) is 12.3 Å². The standard InChI is InChI=1S/C10H16N2O/c1-2-12-9(6-7-11-12)10(13)8-4-3-5-8/h6-8,10,13H,2-5H2,1H3. The first-order valence-electron chi connectivity index (χ1n) is 5.02. The summed E-state index contributed by atoms with van der Waals surface area (Å²) in [5.41, 5.74) is 0.979.